The van der Waals surface area contributed by atoms with E-state index >= 15 is 0 Å². The van der Waals surface area contributed by atoms with Gasteiger partial charge in [-0.05, 0) is 35.9 Å². The Morgan fingerprint density at radius 3 is 2.62 bits per heavy atom. The van der Waals surface area contributed by atoms with Gasteiger partial charge in [-0.15, -0.1) is 11.6 Å². The van der Waals surface area contributed by atoms with Crippen molar-refractivity contribution in [1.82, 2.24) is 4.98 Å². The molecule has 1 aromatic heterocycles. The van der Waals surface area contributed by atoms with Gasteiger partial charge in [-0.3, -0.25) is 0 Å². The Labute approximate surface area is 127 Å². The first-order valence-corrected chi connectivity index (χ1v) is 7.21. The van der Waals surface area contributed by atoms with Crippen LogP contribution in [0.3, 0.4) is 0 Å². The van der Waals surface area contributed by atoms with Crippen molar-refractivity contribution in [3.05, 3.63) is 60.0 Å². The third kappa shape index (κ3) is 3.44. The smallest absolute Gasteiger partial charge is 0.220 e. The predicted molar refractivity (Wildman–Crippen MR) is 85.6 cm³/mol. The van der Waals surface area contributed by atoms with Crippen molar-refractivity contribution in [2.75, 3.05) is 12.5 Å². The number of ether oxygens (including phenoxy) is 1. The summed E-state index contributed by atoms with van der Waals surface area (Å²) in [6, 6.07) is 15.5. The number of rotatable bonds is 5. The molecule has 0 bridgehead atoms. The zero-order valence-corrected chi connectivity index (χ0v) is 12.1. The molecule has 0 aliphatic rings. The van der Waals surface area contributed by atoms with Gasteiger partial charge in [0.2, 0.25) is 5.89 Å². The van der Waals surface area contributed by atoms with Crippen LogP contribution in [0.25, 0.3) is 23.3 Å². The molecule has 0 saturated carbocycles. The molecule has 0 N–H and O–H groups in total. The number of fused-ring (bicyclic) bond motifs is 1. The summed E-state index contributed by atoms with van der Waals surface area (Å²) in [5.74, 6) is 1.90. The van der Waals surface area contributed by atoms with Crippen LogP contribution < -0.4 is 4.74 Å². The third-order valence-corrected chi connectivity index (χ3v) is 3.11. The van der Waals surface area contributed by atoms with Crippen LogP contribution in [-0.4, -0.2) is 17.5 Å². The SMILES string of the molecule is ClCCOc1ccc(/C=C/c2nc3ccccc3o2)cc1. The second kappa shape index (κ2) is 6.46. The molecule has 21 heavy (non-hydrogen) atoms. The van der Waals surface area contributed by atoms with E-state index in [1.54, 1.807) is 0 Å². The normalized spacial score (nSPS) is 11.3. The van der Waals surface area contributed by atoms with Crippen molar-refractivity contribution < 1.29 is 9.15 Å². The van der Waals surface area contributed by atoms with Crippen molar-refractivity contribution >= 4 is 34.9 Å². The highest BCUT2D eigenvalue weighted by molar-refractivity contribution is 6.18. The van der Waals surface area contributed by atoms with E-state index in [1.807, 2.05) is 60.7 Å². The average molecular weight is 300 g/mol. The van der Waals surface area contributed by atoms with Gasteiger partial charge in [0.1, 0.15) is 17.9 Å². The molecule has 0 spiro atoms. The van der Waals surface area contributed by atoms with E-state index in [-0.39, 0.29) is 0 Å². The fourth-order valence-corrected chi connectivity index (χ4v) is 2.04. The molecular weight excluding hydrogens is 286 g/mol. The summed E-state index contributed by atoms with van der Waals surface area (Å²) in [4.78, 5) is 4.39. The highest BCUT2D eigenvalue weighted by atomic mass is 35.5. The molecule has 3 rings (SSSR count). The summed E-state index contributed by atoms with van der Waals surface area (Å²) < 4.78 is 11.1. The van der Waals surface area contributed by atoms with Gasteiger partial charge in [0, 0.05) is 6.08 Å². The Morgan fingerprint density at radius 2 is 1.86 bits per heavy atom. The lowest BCUT2D eigenvalue weighted by Gasteiger charge is -2.03. The minimum absolute atomic E-state index is 0.485. The summed E-state index contributed by atoms with van der Waals surface area (Å²) in [6.07, 6.45) is 3.81. The number of nitrogens with zero attached hydrogens (tertiary/aromatic N) is 1. The van der Waals surface area contributed by atoms with E-state index in [0.717, 1.165) is 22.4 Å². The second-order valence-electron chi connectivity index (χ2n) is 4.46. The van der Waals surface area contributed by atoms with Gasteiger partial charge in [0.05, 0.1) is 5.88 Å². The van der Waals surface area contributed by atoms with E-state index in [9.17, 15) is 0 Å². The van der Waals surface area contributed by atoms with Crippen molar-refractivity contribution in [3.8, 4) is 5.75 Å². The summed E-state index contributed by atoms with van der Waals surface area (Å²) in [5, 5.41) is 0. The largest absolute Gasteiger partial charge is 0.492 e. The Bertz CT molecular complexity index is 714. The number of oxazole rings is 1. The van der Waals surface area contributed by atoms with Crippen LogP contribution >= 0.6 is 11.6 Å². The molecule has 0 amide bonds. The van der Waals surface area contributed by atoms with Gasteiger partial charge in [-0.1, -0.05) is 24.3 Å². The van der Waals surface area contributed by atoms with E-state index in [2.05, 4.69) is 4.98 Å². The molecular formula is C17H14ClNO2. The Hall–Kier alpha value is -2.26. The molecule has 2 aromatic carbocycles. The molecule has 3 nitrogen and oxygen atoms in total. The zero-order chi connectivity index (χ0) is 14.5. The molecule has 0 fully saturated rings. The summed E-state index contributed by atoms with van der Waals surface area (Å²) in [5.41, 5.74) is 2.71. The number of alkyl halides is 1. The maximum Gasteiger partial charge on any atom is 0.220 e. The van der Waals surface area contributed by atoms with Crippen LogP contribution in [0, 0.1) is 0 Å². The summed E-state index contributed by atoms with van der Waals surface area (Å²) in [6.45, 7) is 0.514. The Balaban J connectivity index is 1.73. The highest BCUT2D eigenvalue weighted by Gasteiger charge is 2.01. The topological polar surface area (TPSA) is 35.3 Å². The first-order valence-electron chi connectivity index (χ1n) is 6.67. The van der Waals surface area contributed by atoms with Crippen molar-refractivity contribution in [1.29, 1.82) is 0 Å². The number of hydrogen-bond acceptors (Lipinski definition) is 3. The number of halogens is 1. The minimum Gasteiger partial charge on any atom is -0.492 e. The van der Waals surface area contributed by atoms with E-state index in [4.69, 9.17) is 20.8 Å². The molecule has 0 radical (unpaired) electrons. The van der Waals surface area contributed by atoms with Crippen molar-refractivity contribution in [3.63, 3.8) is 0 Å². The average Bonchev–Trinajstić information content (AvgIpc) is 2.95. The molecule has 0 unspecified atom stereocenters. The van der Waals surface area contributed by atoms with Gasteiger partial charge in [-0.25, -0.2) is 4.98 Å². The maximum absolute atomic E-state index is 5.63. The third-order valence-electron chi connectivity index (χ3n) is 2.95. The lowest BCUT2D eigenvalue weighted by atomic mass is 10.2. The summed E-state index contributed by atoms with van der Waals surface area (Å²) >= 11 is 5.58. The molecule has 0 saturated heterocycles. The number of aromatic nitrogens is 1. The second-order valence-corrected chi connectivity index (χ2v) is 4.84. The highest BCUT2D eigenvalue weighted by Crippen LogP contribution is 2.18. The number of benzene rings is 2. The predicted octanol–water partition coefficient (Wildman–Crippen LogP) is 4.62. The minimum atomic E-state index is 0.485. The lowest BCUT2D eigenvalue weighted by Crippen LogP contribution is -1.97. The zero-order valence-electron chi connectivity index (χ0n) is 11.3. The van der Waals surface area contributed by atoms with E-state index in [0.29, 0.717) is 18.4 Å². The van der Waals surface area contributed by atoms with Crippen LogP contribution in [0.2, 0.25) is 0 Å². The molecule has 106 valence electrons. The maximum atomic E-state index is 5.63. The number of para-hydroxylation sites is 2. The Morgan fingerprint density at radius 1 is 1.05 bits per heavy atom. The quantitative estimate of drug-likeness (QED) is 0.645. The van der Waals surface area contributed by atoms with Crippen LogP contribution in [0.4, 0.5) is 0 Å². The molecule has 0 aliphatic heterocycles. The van der Waals surface area contributed by atoms with Gasteiger partial charge in [-0.2, -0.15) is 0 Å². The van der Waals surface area contributed by atoms with Crippen molar-refractivity contribution in [2.24, 2.45) is 0 Å². The fraction of sp³-hybridized carbons (Fsp3) is 0.118. The van der Waals surface area contributed by atoms with Crippen LogP contribution in [-0.2, 0) is 0 Å². The first-order chi connectivity index (χ1) is 10.3. The lowest BCUT2D eigenvalue weighted by molar-refractivity contribution is 0.343. The molecule has 0 atom stereocenters. The van der Waals surface area contributed by atoms with E-state index in [1.165, 1.54) is 0 Å². The van der Waals surface area contributed by atoms with Gasteiger partial charge in [0.15, 0.2) is 5.58 Å². The van der Waals surface area contributed by atoms with Gasteiger partial charge >= 0.3 is 0 Å². The van der Waals surface area contributed by atoms with E-state index < -0.39 is 0 Å². The number of hydrogen-bond donors (Lipinski definition) is 0. The van der Waals surface area contributed by atoms with Gasteiger partial charge in [0.25, 0.3) is 0 Å². The van der Waals surface area contributed by atoms with Crippen molar-refractivity contribution in [2.45, 2.75) is 0 Å². The van der Waals surface area contributed by atoms with Gasteiger partial charge < -0.3 is 9.15 Å². The monoisotopic (exact) mass is 299 g/mol. The van der Waals surface area contributed by atoms with Crippen LogP contribution in [0.1, 0.15) is 11.5 Å². The molecule has 4 heteroatoms. The van der Waals surface area contributed by atoms with Crippen LogP contribution in [0.5, 0.6) is 5.75 Å². The molecule has 3 aromatic rings. The fourth-order valence-electron chi connectivity index (χ4n) is 1.96. The molecule has 1 heterocycles. The first kappa shape index (κ1) is 13.7. The Kier molecular flexibility index (Phi) is 4.22. The standard InChI is InChI=1S/C17H14ClNO2/c18-11-12-20-14-8-5-13(6-9-14)7-10-17-19-15-3-1-2-4-16(15)21-17/h1-10H,11-12H2/b10-7+. The molecule has 0 aliphatic carbocycles. The van der Waals surface area contributed by atoms with Crippen LogP contribution in [0.15, 0.2) is 52.9 Å². The summed E-state index contributed by atoms with van der Waals surface area (Å²) in [7, 11) is 0.